The summed E-state index contributed by atoms with van der Waals surface area (Å²) in [6.45, 7) is 1.31. The molecule has 0 aromatic heterocycles. The number of sulfonamides is 1. The normalized spacial score (nSPS) is 14.9. The van der Waals surface area contributed by atoms with Crippen molar-refractivity contribution in [3.05, 3.63) is 64.2 Å². The van der Waals surface area contributed by atoms with Gasteiger partial charge in [0.15, 0.2) is 0 Å². The molecule has 28 heavy (non-hydrogen) atoms. The van der Waals surface area contributed by atoms with Crippen molar-refractivity contribution in [1.29, 1.82) is 0 Å². The number of carbonyl (C=O) groups is 1. The number of non-ortho nitro benzene ring substituents is 1. The van der Waals surface area contributed by atoms with E-state index >= 15 is 0 Å². The maximum Gasteiger partial charge on any atom is 0.269 e. The molecule has 1 aliphatic heterocycles. The maximum atomic E-state index is 12.9. The van der Waals surface area contributed by atoms with Gasteiger partial charge in [0.05, 0.1) is 21.1 Å². The molecular formula is C19H21N3O5S. The van der Waals surface area contributed by atoms with Crippen molar-refractivity contribution < 1.29 is 18.1 Å². The van der Waals surface area contributed by atoms with Crippen molar-refractivity contribution in [1.82, 2.24) is 4.90 Å². The van der Waals surface area contributed by atoms with Crippen LogP contribution in [0.25, 0.3) is 0 Å². The Hall–Kier alpha value is -2.94. The van der Waals surface area contributed by atoms with E-state index in [4.69, 9.17) is 0 Å². The number of nitrogens with one attached hydrogen (secondary N) is 1. The molecule has 1 amide bonds. The van der Waals surface area contributed by atoms with E-state index in [-0.39, 0.29) is 27.7 Å². The number of anilines is 1. The number of nitro benzene ring substituents is 1. The first kappa shape index (κ1) is 19.8. The molecule has 3 rings (SSSR count). The SMILES string of the molecule is O=C(c1ccccc1NS(=O)(=O)c1ccc([N+](=O)[O-])cc1)N1CCCCCC1. The molecule has 0 radical (unpaired) electrons. The molecular weight excluding hydrogens is 382 g/mol. The van der Waals surface area contributed by atoms with E-state index in [0.29, 0.717) is 13.1 Å². The highest BCUT2D eigenvalue weighted by molar-refractivity contribution is 7.92. The van der Waals surface area contributed by atoms with Crippen LogP contribution in [0.4, 0.5) is 11.4 Å². The Morgan fingerprint density at radius 3 is 2.18 bits per heavy atom. The van der Waals surface area contributed by atoms with Crippen molar-refractivity contribution in [2.45, 2.75) is 30.6 Å². The third-order valence-electron chi connectivity index (χ3n) is 4.65. The molecule has 1 fully saturated rings. The number of likely N-dealkylation sites (tertiary alicyclic amines) is 1. The van der Waals surface area contributed by atoms with E-state index in [1.807, 2.05) is 0 Å². The van der Waals surface area contributed by atoms with Crippen LogP contribution in [-0.2, 0) is 10.0 Å². The zero-order chi connectivity index (χ0) is 20.1. The topological polar surface area (TPSA) is 110 Å². The third kappa shape index (κ3) is 4.48. The standard InChI is InChI=1S/C19H21N3O5S/c23-19(21-13-5-1-2-6-14-21)17-7-3-4-8-18(17)20-28(26,27)16-11-9-15(10-12-16)22(24)25/h3-4,7-12,20H,1-2,5-6,13-14H2. The highest BCUT2D eigenvalue weighted by atomic mass is 32.2. The summed E-state index contributed by atoms with van der Waals surface area (Å²) in [7, 11) is -3.99. The number of hydrogen-bond donors (Lipinski definition) is 1. The van der Waals surface area contributed by atoms with Crippen LogP contribution in [0, 0.1) is 10.1 Å². The van der Waals surface area contributed by atoms with Crippen molar-refractivity contribution in [3.8, 4) is 0 Å². The largest absolute Gasteiger partial charge is 0.339 e. The summed E-state index contributed by atoms with van der Waals surface area (Å²) in [6.07, 6.45) is 4.03. The average molecular weight is 403 g/mol. The van der Waals surface area contributed by atoms with Crippen LogP contribution in [0.15, 0.2) is 53.4 Å². The fraction of sp³-hybridized carbons (Fsp3) is 0.316. The fourth-order valence-electron chi connectivity index (χ4n) is 3.15. The highest BCUT2D eigenvalue weighted by Gasteiger charge is 2.23. The number of carbonyl (C=O) groups excluding carboxylic acids is 1. The number of nitro groups is 1. The summed E-state index contributed by atoms with van der Waals surface area (Å²) < 4.78 is 27.8. The quantitative estimate of drug-likeness (QED) is 0.608. The lowest BCUT2D eigenvalue weighted by molar-refractivity contribution is -0.384. The zero-order valence-electron chi connectivity index (χ0n) is 15.2. The summed E-state index contributed by atoms with van der Waals surface area (Å²) in [5, 5.41) is 10.7. The monoisotopic (exact) mass is 403 g/mol. The molecule has 148 valence electrons. The molecule has 9 heteroatoms. The van der Waals surface area contributed by atoms with Gasteiger partial charge in [0.25, 0.3) is 21.6 Å². The van der Waals surface area contributed by atoms with Crippen LogP contribution >= 0.6 is 0 Å². The van der Waals surface area contributed by atoms with Gasteiger partial charge in [-0.25, -0.2) is 8.42 Å². The van der Waals surface area contributed by atoms with Crippen LogP contribution in [0.1, 0.15) is 36.0 Å². The van der Waals surface area contributed by atoms with Gasteiger partial charge in [-0.05, 0) is 37.1 Å². The molecule has 0 atom stereocenters. The van der Waals surface area contributed by atoms with E-state index < -0.39 is 14.9 Å². The van der Waals surface area contributed by atoms with Crippen molar-refractivity contribution >= 4 is 27.3 Å². The van der Waals surface area contributed by atoms with Gasteiger partial charge in [0, 0.05) is 25.2 Å². The van der Waals surface area contributed by atoms with Gasteiger partial charge in [0.1, 0.15) is 0 Å². The summed E-state index contributed by atoms with van der Waals surface area (Å²) in [6, 6.07) is 11.1. The molecule has 1 heterocycles. The minimum atomic E-state index is -3.99. The molecule has 2 aromatic rings. The molecule has 0 saturated carbocycles. The number of amides is 1. The third-order valence-corrected chi connectivity index (χ3v) is 6.03. The average Bonchev–Trinajstić information content (AvgIpc) is 2.97. The number of nitrogens with zero attached hydrogens (tertiary/aromatic N) is 2. The number of para-hydroxylation sites is 1. The number of benzene rings is 2. The lowest BCUT2D eigenvalue weighted by Gasteiger charge is -2.22. The second kappa shape index (κ2) is 8.39. The molecule has 0 bridgehead atoms. The molecule has 1 aliphatic rings. The first-order chi connectivity index (χ1) is 13.4. The van der Waals surface area contributed by atoms with E-state index in [0.717, 1.165) is 37.8 Å². The van der Waals surface area contributed by atoms with Crippen LogP contribution in [0.2, 0.25) is 0 Å². The van der Waals surface area contributed by atoms with E-state index in [1.165, 1.54) is 18.2 Å². The van der Waals surface area contributed by atoms with Crippen LogP contribution in [0.5, 0.6) is 0 Å². The summed E-state index contributed by atoms with van der Waals surface area (Å²) >= 11 is 0. The first-order valence-electron chi connectivity index (χ1n) is 9.04. The molecule has 1 saturated heterocycles. The Balaban J connectivity index is 1.86. The smallest absolute Gasteiger partial charge is 0.269 e. The van der Waals surface area contributed by atoms with Crippen LogP contribution in [0.3, 0.4) is 0 Å². The fourth-order valence-corrected chi connectivity index (χ4v) is 4.23. The predicted molar refractivity (Wildman–Crippen MR) is 105 cm³/mol. The Bertz CT molecular complexity index is 965. The van der Waals surface area contributed by atoms with Crippen molar-refractivity contribution in [3.63, 3.8) is 0 Å². The number of hydrogen-bond acceptors (Lipinski definition) is 5. The highest BCUT2D eigenvalue weighted by Crippen LogP contribution is 2.24. The van der Waals surface area contributed by atoms with Gasteiger partial charge in [-0.2, -0.15) is 0 Å². The van der Waals surface area contributed by atoms with E-state index in [1.54, 1.807) is 23.1 Å². The Morgan fingerprint density at radius 2 is 1.57 bits per heavy atom. The Labute approximate surface area is 163 Å². The molecule has 2 aromatic carbocycles. The first-order valence-corrected chi connectivity index (χ1v) is 10.5. The van der Waals surface area contributed by atoms with Gasteiger partial charge in [-0.3, -0.25) is 19.6 Å². The van der Waals surface area contributed by atoms with E-state index in [9.17, 15) is 23.3 Å². The molecule has 0 spiro atoms. The Morgan fingerprint density at radius 1 is 0.964 bits per heavy atom. The second-order valence-electron chi connectivity index (χ2n) is 6.61. The second-order valence-corrected chi connectivity index (χ2v) is 8.29. The van der Waals surface area contributed by atoms with Gasteiger partial charge in [0.2, 0.25) is 0 Å². The number of rotatable bonds is 5. The van der Waals surface area contributed by atoms with Gasteiger partial charge >= 0.3 is 0 Å². The lowest BCUT2D eigenvalue weighted by Crippen LogP contribution is -2.32. The minimum Gasteiger partial charge on any atom is -0.339 e. The zero-order valence-corrected chi connectivity index (χ0v) is 16.0. The Kier molecular flexibility index (Phi) is 5.93. The summed E-state index contributed by atoms with van der Waals surface area (Å²) in [5.74, 6) is -0.205. The summed E-state index contributed by atoms with van der Waals surface area (Å²) in [4.78, 5) is 24.7. The molecule has 8 nitrogen and oxygen atoms in total. The van der Waals surface area contributed by atoms with Crippen molar-refractivity contribution in [2.75, 3.05) is 17.8 Å². The van der Waals surface area contributed by atoms with Crippen LogP contribution in [-0.4, -0.2) is 37.2 Å². The van der Waals surface area contributed by atoms with Gasteiger partial charge in [-0.15, -0.1) is 0 Å². The van der Waals surface area contributed by atoms with Gasteiger partial charge in [-0.1, -0.05) is 25.0 Å². The lowest BCUT2D eigenvalue weighted by atomic mass is 10.1. The van der Waals surface area contributed by atoms with Crippen molar-refractivity contribution in [2.24, 2.45) is 0 Å². The molecule has 0 aliphatic carbocycles. The predicted octanol–water partition coefficient (Wildman–Crippen LogP) is 3.41. The maximum absolute atomic E-state index is 12.9. The molecule has 0 unspecified atom stereocenters. The van der Waals surface area contributed by atoms with Gasteiger partial charge < -0.3 is 4.90 Å². The van der Waals surface area contributed by atoms with Crippen LogP contribution < -0.4 is 4.72 Å². The minimum absolute atomic E-state index is 0.116. The summed E-state index contributed by atoms with van der Waals surface area (Å²) in [5.41, 5.74) is 0.278. The van der Waals surface area contributed by atoms with E-state index in [2.05, 4.69) is 4.72 Å². The molecule has 1 N–H and O–H groups in total.